The first-order valence-electron chi connectivity index (χ1n) is 29.5. The van der Waals surface area contributed by atoms with Crippen LogP contribution in [0.4, 0.5) is 14.4 Å². The first kappa shape index (κ1) is 67.3. The molecule has 0 aliphatic heterocycles. The van der Waals surface area contributed by atoms with Crippen LogP contribution in [0.5, 0.6) is 11.5 Å². The fourth-order valence-corrected chi connectivity index (χ4v) is 9.20. The number of ether oxygens (including phenoxy) is 6. The summed E-state index contributed by atoms with van der Waals surface area (Å²) < 4.78 is 34.8. The van der Waals surface area contributed by atoms with Crippen molar-refractivity contribution in [2.75, 3.05) is 6.54 Å². The summed E-state index contributed by atoms with van der Waals surface area (Å²) in [6.07, 6.45) is -5.37. The van der Waals surface area contributed by atoms with Crippen LogP contribution < -0.4 is 36.1 Å². The van der Waals surface area contributed by atoms with Crippen molar-refractivity contribution >= 4 is 42.0 Å². The van der Waals surface area contributed by atoms with Crippen LogP contribution in [-0.4, -0.2) is 94.7 Å². The Bertz CT molecular complexity index is 3460. The number of alkyl carbamates (subject to hydrolysis) is 3. The third-order valence-corrected chi connectivity index (χ3v) is 13.9. The van der Waals surface area contributed by atoms with Gasteiger partial charge in [0.15, 0.2) is 0 Å². The normalized spacial score (nSPS) is 12.7. The number of rotatable bonds is 30. The summed E-state index contributed by atoms with van der Waals surface area (Å²) in [4.78, 5) is 96.2. The maximum absolute atomic E-state index is 15.1. The smallest absolute Gasteiger partial charge is 0.408 e. The minimum absolute atomic E-state index is 0.0558. The highest BCUT2D eigenvalue weighted by Gasteiger charge is 2.34. The Morgan fingerprint density at radius 1 is 0.456 bits per heavy atom. The largest absolute Gasteiger partial charge is 0.489 e. The summed E-state index contributed by atoms with van der Waals surface area (Å²) in [7, 11) is 0. The van der Waals surface area contributed by atoms with E-state index in [1.54, 1.807) is 144 Å². The number of aliphatic hydroxyl groups excluding tert-OH is 1. The molecule has 0 aromatic heterocycles. The number of aliphatic carboxylic acids is 1. The molecule has 0 unspecified atom stereocenters. The molecular weight excluding hydrogens is 1150 g/mol. The molecule has 20 nitrogen and oxygen atoms in total. The molecule has 0 aliphatic carbocycles. The van der Waals surface area contributed by atoms with E-state index in [0.29, 0.717) is 39.1 Å². The number of carboxylic acids is 1. The molecule has 0 fully saturated rings. The average Bonchev–Trinajstić information content (AvgIpc) is 1.39. The summed E-state index contributed by atoms with van der Waals surface area (Å²) in [6.45, 7) is 7.83. The van der Waals surface area contributed by atoms with Gasteiger partial charge in [0.05, 0.1) is 6.10 Å². The van der Waals surface area contributed by atoms with E-state index in [0.717, 1.165) is 16.7 Å². The molecule has 90 heavy (non-hydrogen) atoms. The van der Waals surface area contributed by atoms with E-state index in [1.807, 2.05) is 78.9 Å². The molecule has 5 atom stereocenters. The topological polar surface area (TPSA) is 275 Å². The van der Waals surface area contributed by atoms with Crippen molar-refractivity contribution in [3.63, 3.8) is 0 Å². The monoisotopic (exact) mass is 1230 g/mol. The summed E-state index contributed by atoms with van der Waals surface area (Å²) in [5.41, 5.74) is 4.59. The van der Waals surface area contributed by atoms with Gasteiger partial charge in [0.25, 0.3) is 0 Å². The minimum Gasteiger partial charge on any atom is -0.489 e. The Balaban J connectivity index is 1.24. The van der Waals surface area contributed by atoms with Gasteiger partial charge in [-0.2, -0.15) is 0 Å². The average molecular weight is 1230 g/mol. The predicted octanol–water partition coefficient (Wildman–Crippen LogP) is 9.92. The van der Waals surface area contributed by atoms with Crippen molar-refractivity contribution in [3.05, 3.63) is 227 Å². The lowest BCUT2D eigenvalue weighted by Crippen LogP contribution is -2.58. The van der Waals surface area contributed by atoms with Gasteiger partial charge >= 0.3 is 30.2 Å². The standard InChI is InChI=1S/C70H77N5O15/c1-46(2)62(66(81)87-43-49-25-15-8-16-26-49)75-64(78)57(72-63(77)58(73-69(84)90-70(3,4)5)39-56(76)40-71-67(82)88-44-50-27-17-9-18-28-50)37-54-35-52(31-33-60(54)85-41-47-21-11-6-12-22-47)53-32-34-61(86-42-48-23-13-7-14-24-48)55(36-53)38-59(65(79)80)74-68(83)89-45-51-29-19-10-20-30-51/h6-36,46,56-59,62,76H,37-45H2,1-5H3,(H,71,82)(H,72,77)(H,73,84)(H,74,83)(H,75,78)(H,79,80)/t56-,57+,58+,59+,62+/m1/s1. The molecule has 0 saturated carbocycles. The van der Waals surface area contributed by atoms with E-state index in [2.05, 4.69) is 26.6 Å². The van der Waals surface area contributed by atoms with E-state index >= 15 is 4.79 Å². The molecule has 7 N–H and O–H groups in total. The number of benzene rings is 7. The van der Waals surface area contributed by atoms with Crippen molar-refractivity contribution in [2.45, 2.75) is 123 Å². The van der Waals surface area contributed by atoms with Crippen LogP contribution >= 0.6 is 0 Å². The Morgan fingerprint density at radius 3 is 1.29 bits per heavy atom. The van der Waals surface area contributed by atoms with E-state index < -0.39 is 96.8 Å². The zero-order valence-corrected chi connectivity index (χ0v) is 50.9. The van der Waals surface area contributed by atoms with E-state index in [4.69, 9.17) is 28.4 Å². The number of hydrogen-bond acceptors (Lipinski definition) is 14. The molecule has 472 valence electrons. The van der Waals surface area contributed by atoms with Crippen molar-refractivity contribution in [1.82, 2.24) is 26.6 Å². The van der Waals surface area contributed by atoms with Crippen molar-refractivity contribution < 1.29 is 72.2 Å². The first-order chi connectivity index (χ1) is 43.2. The lowest BCUT2D eigenvalue weighted by atomic mass is 9.94. The van der Waals surface area contributed by atoms with Crippen LogP contribution in [0.1, 0.15) is 80.0 Å². The van der Waals surface area contributed by atoms with E-state index in [1.165, 1.54) is 0 Å². The number of amides is 5. The zero-order chi connectivity index (χ0) is 64.4. The van der Waals surface area contributed by atoms with Crippen LogP contribution in [0.25, 0.3) is 11.1 Å². The number of nitrogens with one attached hydrogen (secondary N) is 5. The number of carbonyl (C=O) groups excluding carboxylic acids is 6. The molecule has 7 aromatic rings. The van der Waals surface area contributed by atoms with Gasteiger partial charge in [0, 0.05) is 25.8 Å². The first-order valence-corrected chi connectivity index (χ1v) is 29.5. The van der Waals surface area contributed by atoms with Crippen LogP contribution in [0.15, 0.2) is 188 Å². The van der Waals surface area contributed by atoms with Crippen molar-refractivity contribution in [2.24, 2.45) is 5.92 Å². The van der Waals surface area contributed by atoms with Crippen molar-refractivity contribution in [1.29, 1.82) is 0 Å². The highest BCUT2D eigenvalue weighted by molar-refractivity contribution is 5.93. The molecule has 5 amide bonds. The lowest BCUT2D eigenvalue weighted by molar-refractivity contribution is -0.150. The molecule has 0 aliphatic rings. The summed E-state index contributed by atoms with van der Waals surface area (Å²) in [5, 5.41) is 35.0. The zero-order valence-electron chi connectivity index (χ0n) is 50.9. The van der Waals surface area contributed by atoms with Gasteiger partial charge in [-0.25, -0.2) is 24.0 Å². The third kappa shape index (κ3) is 22.5. The fourth-order valence-electron chi connectivity index (χ4n) is 9.20. The van der Waals surface area contributed by atoms with Crippen LogP contribution in [-0.2, 0) is 84.0 Å². The fraction of sp³-hybridized carbons (Fsp3) is 0.300. The van der Waals surface area contributed by atoms with Crippen LogP contribution in [0, 0.1) is 5.92 Å². The molecule has 20 heteroatoms. The Hall–Kier alpha value is -10.2. The quantitative estimate of drug-likeness (QED) is 0.0163. The molecule has 0 saturated heterocycles. The lowest BCUT2D eigenvalue weighted by Gasteiger charge is -2.28. The summed E-state index contributed by atoms with van der Waals surface area (Å²) in [6, 6.07) is 50.0. The molecule has 7 aromatic carbocycles. The molecule has 7 rings (SSSR count). The van der Waals surface area contributed by atoms with Crippen LogP contribution in [0.2, 0.25) is 0 Å². The van der Waals surface area contributed by atoms with Gasteiger partial charge in [0.1, 0.15) is 74.3 Å². The van der Waals surface area contributed by atoms with Gasteiger partial charge in [-0.3, -0.25) is 9.59 Å². The third-order valence-electron chi connectivity index (χ3n) is 13.9. The van der Waals surface area contributed by atoms with Crippen LogP contribution in [0.3, 0.4) is 0 Å². The van der Waals surface area contributed by atoms with Gasteiger partial charge in [-0.05, 0) is 101 Å². The Labute approximate surface area is 523 Å². The highest BCUT2D eigenvalue weighted by Crippen LogP contribution is 2.33. The van der Waals surface area contributed by atoms with Crippen molar-refractivity contribution in [3.8, 4) is 22.6 Å². The number of aliphatic hydroxyl groups is 1. The van der Waals surface area contributed by atoms with Gasteiger partial charge in [0.2, 0.25) is 11.8 Å². The number of carbonyl (C=O) groups is 7. The number of esters is 1. The second-order valence-corrected chi connectivity index (χ2v) is 22.6. The summed E-state index contributed by atoms with van der Waals surface area (Å²) >= 11 is 0. The Kier molecular flexibility index (Phi) is 25.3. The van der Waals surface area contributed by atoms with Gasteiger partial charge < -0.3 is 65.2 Å². The molecular formula is C70H77N5O15. The van der Waals surface area contributed by atoms with E-state index in [-0.39, 0.29) is 51.6 Å². The second-order valence-electron chi connectivity index (χ2n) is 22.6. The molecule has 0 spiro atoms. The SMILES string of the molecule is CC(C)[C@H](NC(=O)[C@H](Cc1cc(-c2ccc(OCc3ccccc3)c(C[C@H](NC(=O)OCc3ccccc3)C(=O)O)c2)ccc1OCc1ccccc1)NC(=O)[C@H](C[C@@H](O)CNC(=O)OCc1ccccc1)NC(=O)OC(C)(C)C)C(=O)OCc1ccccc1. The van der Waals surface area contributed by atoms with Gasteiger partial charge in [-0.1, -0.05) is 178 Å². The predicted molar refractivity (Wildman–Crippen MR) is 335 cm³/mol. The maximum Gasteiger partial charge on any atom is 0.408 e. The molecule has 0 bridgehead atoms. The Morgan fingerprint density at radius 2 is 0.856 bits per heavy atom. The second kappa shape index (κ2) is 33.8. The van der Waals surface area contributed by atoms with E-state index in [9.17, 15) is 39.0 Å². The van der Waals surface area contributed by atoms with Gasteiger partial charge in [-0.15, -0.1) is 0 Å². The maximum atomic E-state index is 15.1. The molecule has 0 heterocycles. The highest BCUT2D eigenvalue weighted by atomic mass is 16.6. The number of carboxylic acid groups (broad SMARTS) is 1. The number of hydrogen-bond donors (Lipinski definition) is 7. The summed E-state index contributed by atoms with van der Waals surface area (Å²) in [5.74, 6) is -3.80. The molecule has 0 radical (unpaired) electrons. The minimum atomic E-state index is -1.60.